The number of nitrogens with zero attached hydrogens (tertiary/aromatic N) is 2. The molecule has 1 saturated heterocycles. The van der Waals surface area contributed by atoms with Gasteiger partial charge in [-0.05, 0) is 24.6 Å². The number of halogens is 1. The summed E-state index contributed by atoms with van der Waals surface area (Å²) in [6.45, 7) is 7.92. The van der Waals surface area contributed by atoms with Crippen LogP contribution >= 0.6 is 0 Å². The summed E-state index contributed by atoms with van der Waals surface area (Å²) in [7, 11) is 1.96. The predicted octanol–water partition coefficient (Wildman–Crippen LogP) is 2.26. The normalized spacial score (nSPS) is 17.2. The van der Waals surface area contributed by atoms with Crippen molar-refractivity contribution in [1.82, 2.24) is 10.2 Å². The molecule has 0 spiro atoms. The molecule has 2 rings (SSSR count). The van der Waals surface area contributed by atoms with Crippen molar-refractivity contribution in [3.8, 4) is 0 Å². The second-order valence-corrected chi connectivity index (χ2v) is 5.96. The summed E-state index contributed by atoms with van der Waals surface area (Å²) in [5.41, 5.74) is 1.08. The van der Waals surface area contributed by atoms with Crippen LogP contribution in [-0.4, -0.2) is 44.2 Å². The molecule has 1 aliphatic heterocycles. The maximum absolute atomic E-state index is 13.2. The van der Waals surface area contributed by atoms with E-state index in [0.717, 1.165) is 37.8 Å². The van der Waals surface area contributed by atoms with E-state index in [4.69, 9.17) is 4.74 Å². The first-order valence-electron chi connectivity index (χ1n) is 7.34. The molecule has 0 saturated carbocycles. The summed E-state index contributed by atoms with van der Waals surface area (Å²) in [6, 6.07) is 6.67. The lowest BCUT2D eigenvalue weighted by Crippen LogP contribution is -2.44. The van der Waals surface area contributed by atoms with Gasteiger partial charge in [0.25, 0.3) is 0 Å². The van der Waals surface area contributed by atoms with E-state index in [-0.39, 0.29) is 11.2 Å². The van der Waals surface area contributed by atoms with Crippen molar-refractivity contribution in [2.45, 2.75) is 20.4 Å². The number of nitrogens with one attached hydrogen (secondary N) is 1. The Kier molecular flexibility index (Phi) is 5.17. The average Bonchev–Trinajstić information content (AvgIpc) is 2.41. The van der Waals surface area contributed by atoms with Crippen molar-refractivity contribution in [2.75, 3.05) is 33.4 Å². The summed E-state index contributed by atoms with van der Waals surface area (Å²) >= 11 is 0. The number of benzene rings is 1. The van der Waals surface area contributed by atoms with E-state index in [1.807, 2.05) is 24.9 Å². The zero-order valence-corrected chi connectivity index (χ0v) is 13.0. The average molecular weight is 293 g/mol. The van der Waals surface area contributed by atoms with E-state index in [1.165, 1.54) is 6.07 Å². The third-order valence-corrected chi connectivity index (χ3v) is 3.52. The van der Waals surface area contributed by atoms with E-state index >= 15 is 0 Å². The predicted molar refractivity (Wildman–Crippen MR) is 82.8 cm³/mol. The third-order valence-electron chi connectivity index (χ3n) is 3.52. The zero-order valence-electron chi connectivity index (χ0n) is 13.0. The molecule has 116 valence electrons. The Balaban J connectivity index is 2.00. The van der Waals surface area contributed by atoms with Crippen LogP contribution in [-0.2, 0) is 11.3 Å². The Labute approximate surface area is 126 Å². The first-order valence-corrected chi connectivity index (χ1v) is 7.34. The molecule has 1 N–H and O–H groups in total. The lowest BCUT2D eigenvalue weighted by Gasteiger charge is -2.37. The minimum absolute atomic E-state index is 0.153. The standard InChI is InChI=1S/C16H24FN3O/c1-4-18-15(19-10-16(2)11-21-12-16)20(3)9-13-6-5-7-14(17)8-13/h5-8H,4,9-12H2,1-3H3,(H,18,19). The Hall–Kier alpha value is -1.62. The van der Waals surface area contributed by atoms with Gasteiger partial charge < -0.3 is 15.0 Å². The molecule has 5 heteroatoms. The van der Waals surface area contributed by atoms with Crippen LogP contribution in [0, 0.1) is 11.2 Å². The Morgan fingerprint density at radius 1 is 1.48 bits per heavy atom. The molecule has 1 aromatic carbocycles. The smallest absolute Gasteiger partial charge is 0.193 e. The lowest BCUT2D eigenvalue weighted by atomic mass is 9.89. The van der Waals surface area contributed by atoms with Crippen LogP contribution in [0.25, 0.3) is 0 Å². The van der Waals surface area contributed by atoms with E-state index in [1.54, 1.807) is 12.1 Å². The number of hydrogen-bond donors (Lipinski definition) is 1. The SMILES string of the molecule is CCNC(=NCC1(C)COC1)N(C)Cc1cccc(F)c1. The lowest BCUT2D eigenvalue weighted by molar-refractivity contribution is -0.0946. The van der Waals surface area contributed by atoms with Crippen LogP contribution in [0.1, 0.15) is 19.4 Å². The van der Waals surface area contributed by atoms with Gasteiger partial charge in [-0.25, -0.2) is 4.39 Å². The molecule has 21 heavy (non-hydrogen) atoms. The fourth-order valence-corrected chi connectivity index (χ4v) is 2.26. The molecule has 1 aliphatic rings. The topological polar surface area (TPSA) is 36.9 Å². The summed E-state index contributed by atoms with van der Waals surface area (Å²) in [5.74, 6) is 0.636. The summed E-state index contributed by atoms with van der Waals surface area (Å²) in [5, 5.41) is 3.28. The van der Waals surface area contributed by atoms with E-state index in [0.29, 0.717) is 6.54 Å². The molecule has 0 aliphatic carbocycles. The van der Waals surface area contributed by atoms with Crippen molar-refractivity contribution >= 4 is 5.96 Å². The van der Waals surface area contributed by atoms with Crippen LogP contribution in [0.15, 0.2) is 29.3 Å². The third kappa shape index (κ3) is 4.43. The van der Waals surface area contributed by atoms with Crippen molar-refractivity contribution < 1.29 is 9.13 Å². The van der Waals surface area contributed by atoms with E-state index in [9.17, 15) is 4.39 Å². The van der Waals surface area contributed by atoms with Crippen LogP contribution in [0.3, 0.4) is 0 Å². The highest BCUT2D eigenvalue weighted by Gasteiger charge is 2.33. The van der Waals surface area contributed by atoms with E-state index < -0.39 is 0 Å². The quantitative estimate of drug-likeness (QED) is 0.668. The fraction of sp³-hybridized carbons (Fsp3) is 0.562. The van der Waals surface area contributed by atoms with Crippen LogP contribution in [0.5, 0.6) is 0 Å². The molecule has 4 nitrogen and oxygen atoms in total. The molecule has 0 atom stereocenters. The van der Waals surface area contributed by atoms with Crippen molar-refractivity contribution in [3.63, 3.8) is 0 Å². The van der Waals surface area contributed by atoms with Gasteiger partial charge in [0.1, 0.15) is 5.82 Å². The summed E-state index contributed by atoms with van der Waals surface area (Å²) in [6.07, 6.45) is 0. The van der Waals surface area contributed by atoms with Crippen LogP contribution < -0.4 is 5.32 Å². The van der Waals surface area contributed by atoms with E-state index in [2.05, 4.69) is 17.2 Å². The zero-order chi connectivity index (χ0) is 15.3. The van der Waals surface area contributed by atoms with Gasteiger partial charge in [-0.15, -0.1) is 0 Å². The highest BCUT2D eigenvalue weighted by Crippen LogP contribution is 2.26. The minimum Gasteiger partial charge on any atom is -0.380 e. The number of guanidine groups is 1. The van der Waals surface area contributed by atoms with Gasteiger partial charge in [-0.2, -0.15) is 0 Å². The number of aliphatic imine (C=N–C) groups is 1. The Bertz CT molecular complexity index is 500. The molecule has 0 bridgehead atoms. The van der Waals surface area contributed by atoms with Gasteiger partial charge in [0.2, 0.25) is 0 Å². The number of ether oxygens (including phenoxy) is 1. The highest BCUT2D eigenvalue weighted by atomic mass is 19.1. The maximum atomic E-state index is 13.2. The molecule has 0 radical (unpaired) electrons. The molecular weight excluding hydrogens is 269 g/mol. The first kappa shape index (κ1) is 15.8. The molecular formula is C16H24FN3O. The minimum atomic E-state index is -0.207. The van der Waals surface area contributed by atoms with Crippen molar-refractivity contribution in [1.29, 1.82) is 0 Å². The molecule has 0 unspecified atom stereocenters. The maximum Gasteiger partial charge on any atom is 0.193 e. The van der Waals surface area contributed by atoms with Crippen LogP contribution in [0.2, 0.25) is 0 Å². The first-order chi connectivity index (χ1) is 10.0. The number of hydrogen-bond acceptors (Lipinski definition) is 2. The second-order valence-electron chi connectivity index (χ2n) is 5.96. The Morgan fingerprint density at radius 2 is 2.24 bits per heavy atom. The number of rotatable bonds is 5. The molecule has 0 aromatic heterocycles. The van der Waals surface area contributed by atoms with Crippen LogP contribution in [0.4, 0.5) is 4.39 Å². The van der Waals surface area contributed by atoms with Gasteiger partial charge in [0.15, 0.2) is 5.96 Å². The molecule has 1 heterocycles. The van der Waals surface area contributed by atoms with Gasteiger partial charge in [-0.3, -0.25) is 4.99 Å². The van der Waals surface area contributed by atoms with Gasteiger partial charge in [-0.1, -0.05) is 19.1 Å². The van der Waals surface area contributed by atoms with Gasteiger partial charge >= 0.3 is 0 Å². The summed E-state index contributed by atoms with van der Waals surface area (Å²) in [4.78, 5) is 6.70. The van der Waals surface area contributed by atoms with Crippen molar-refractivity contribution in [3.05, 3.63) is 35.6 Å². The second kappa shape index (κ2) is 6.89. The molecule has 1 fully saturated rings. The highest BCUT2D eigenvalue weighted by molar-refractivity contribution is 5.79. The van der Waals surface area contributed by atoms with Crippen molar-refractivity contribution in [2.24, 2.45) is 10.4 Å². The van der Waals surface area contributed by atoms with Gasteiger partial charge in [0, 0.05) is 25.6 Å². The monoisotopic (exact) mass is 293 g/mol. The van der Waals surface area contributed by atoms with Gasteiger partial charge in [0.05, 0.1) is 19.8 Å². The fourth-order valence-electron chi connectivity index (χ4n) is 2.26. The largest absolute Gasteiger partial charge is 0.380 e. The summed E-state index contributed by atoms with van der Waals surface area (Å²) < 4.78 is 18.5. The molecule has 0 amide bonds. The Morgan fingerprint density at radius 3 is 2.81 bits per heavy atom. The molecule has 1 aromatic rings.